The molecule has 13 heavy (non-hydrogen) atoms. The Morgan fingerprint density at radius 2 is 2.23 bits per heavy atom. The van der Waals surface area contributed by atoms with Crippen molar-refractivity contribution in [3.8, 4) is 0 Å². The molecule has 0 bridgehead atoms. The smallest absolute Gasteiger partial charge is 0.137 e. The molecular formula is C9H15N3O. The van der Waals surface area contributed by atoms with Gasteiger partial charge in [0, 0.05) is 0 Å². The van der Waals surface area contributed by atoms with Crippen molar-refractivity contribution in [1.82, 2.24) is 14.8 Å². The molecule has 0 aliphatic rings. The molecule has 0 aliphatic heterocycles. The van der Waals surface area contributed by atoms with Crippen LogP contribution >= 0.6 is 0 Å². The standard InChI is InChI=1S/C9H15N3O/c1-7(2)4-9(8(3)13)12-6-10-5-11-12/h4-6,8-9,13H,1-3H3. The minimum Gasteiger partial charge on any atom is -0.391 e. The number of allylic oxidation sites excluding steroid dienone is 1. The first kappa shape index (κ1) is 9.92. The molecule has 0 spiro atoms. The van der Waals surface area contributed by atoms with Gasteiger partial charge in [0.25, 0.3) is 0 Å². The van der Waals surface area contributed by atoms with E-state index in [1.165, 1.54) is 6.33 Å². The molecule has 72 valence electrons. The highest BCUT2D eigenvalue weighted by Crippen LogP contribution is 2.13. The molecule has 0 radical (unpaired) electrons. The summed E-state index contributed by atoms with van der Waals surface area (Å²) >= 11 is 0. The summed E-state index contributed by atoms with van der Waals surface area (Å²) in [7, 11) is 0. The van der Waals surface area contributed by atoms with Gasteiger partial charge in [-0.25, -0.2) is 9.67 Å². The first-order chi connectivity index (χ1) is 6.11. The number of nitrogens with zero attached hydrogens (tertiary/aromatic N) is 3. The number of aliphatic hydroxyl groups excluding tert-OH is 1. The predicted octanol–water partition coefficient (Wildman–Crippen LogP) is 1.17. The zero-order valence-electron chi connectivity index (χ0n) is 8.18. The molecule has 1 N–H and O–H groups in total. The molecule has 1 aromatic heterocycles. The highest BCUT2D eigenvalue weighted by molar-refractivity contribution is 5.01. The first-order valence-corrected chi connectivity index (χ1v) is 4.28. The van der Waals surface area contributed by atoms with E-state index < -0.39 is 6.10 Å². The fraction of sp³-hybridized carbons (Fsp3) is 0.556. The van der Waals surface area contributed by atoms with Crippen LogP contribution in [0.15, 0.2) is 24.3 Å². The number of hydrogen-bond acceptors (Lipinski definition) is 3. The lowest BCUT2D eigenvalue weighted by Crippen LogP contribution is -2.20. The van der Waals surface area contributed by atoms with Crippen molar-refractivity contribution in [1.29, 1.82) is 0 Å². The van der Waals surface area contributed by atoms with Gasteiger partial charge < -0.3 is 5.11 Å². The molecule has 0 saturated heterocycles. The second kappa shape index (κ2) is 4.18. The lowest BCUT2D eigenvalue weighted by molar-refractivity contribution is 0.145. The minimum absolute atomic E-state index is 0.118. The first-order valence-electron chi connectivity index (χ1n) is 4.28. The predicted molar refractivity (Wildman–Crippen MR) is 50.2 cm³/mol. The average Bonchev–Trinajstić information content (AvgIpc) is 2.50. The van der Waals surface area contributed by atoms with Crippen molar-refractivity contribution in [3.05, 3.63) is 24.3 Å². The Balaban J connectivity index is 2.87. The summed E-state index contributed by atoms with van der Waals surface area (Å²) in [5.41, 5.74) is 1.15. The Bertz CT molecular complexity index is 273. The van der Waals surface area contributed by atoms with E-state index in [1.54, 1.807) is 17.9 Å². The molecule has 0 saturated carbocycles. The Morgan fingerprint density at radius 1 is 1.54 bits per heavy atom. The van der Waals surface area contributed by atoms with Crippen LogP contribution in [0, 0.1) is 0 Å². The van der Waals surface area contributed by atoms with Gasteiger partial charge in [-0.05, 0) is 20.8 Å². The molecule has 4 nitrogen and oxygen atoms in total. The van der Waals surface area contributed by atoms with Crippen LogP contribution in [-0.4, -0.2) is 26.0 Å². The summed E-state index contributed by atoms with van der Waals surface area (Å²) in [5, 5.41) is 13.5. The Morgan fingerprint density at radius 3 is 2.62 bits per heavy atom. The molecule has 2 atom stereocenters. The fourth-order valence-corrected chi connectivity index (χ4v) is 1.15. The van der Waals surface area contributed by atoms with Gasteiger partial charge >= 0.3 is 0 Å². The minimum atomic E-state index is -0.461. The molecule has 0 fully saturated rings. The van der Waals surface area contributed by atoms with Gasteiger partial charge in [0.05, 0.1) is 12.1 Å². The van der Waals surface area contributed by atoms with E-state index in [9.17, 15) is 5.11 Å². The molecule has 0 amide bonds. The zero-order chi connectivity index (χ0) is 9.84. The maximum Gasteiger partial charge on any atom is 0.137 e. The molecular weight excluding hydrogens is 166 g/mol. The van der Waals surface area contributed by atoms with Crippen LogP contribution in [-0.2, 0) is 0 Å². The SMILES string of the molecule is CC(C)=CC(C(C)O)n1cncn1. The quantitative estimate of drug-likeness (QED) is 0.712. The van der Waals surface area contributed by atoms with Crippen molar-refractivity contribution in [2.75, 3.05) is 0 Å². The lowest BCUT2D eigenvalue weighted by atomic mass is 10.1. The van der Waals surface area contributed by atoms with E-state index in [0.717, 1.165) is 5.57 Å². The van der Waals surface area contributed by atoms with E-state index >= 15 is 0 Å². The fourth-order valence-electron chi connectivity index (χ4n) is 1.15. The average molecular weight is 181 g/mol. The summed E-state index contributed by atoms with van der Waals surface area (Å²) in [6.07, 6.45) is 4.58. The Kier molecular flexibility index (Phi) is 3.19. The third-order valence-corrected chi connectivity index (χ3v) is 1.74. The highest BCUT2D eigenvalue weighted by atomic mass is 16.3. The zero-order valence-corrected chi connectivity index (χ0v) is 8.18. The van der Waals surface area contributed by atoms with Crippen molar-refractivity contribution >= 4 is 0 Å². The van der Waals surface area contributed by atoms with Crippen molar-refractivity contribution in [2.45, 2.75) is 32.9 Å². The second-order valence-electron chi connectivity index (χ2n) is 3.35. The number of aromatic nitrogens is 3. The maximum atomic E-state index is 9.50. The maximum absolute atomic E-state index is 9.50. The Labute approximate surface area is 77.9 Å². The van der Waals surface area contributed by atoms with Crippen LogP contribution < -0.4 is 0 Å². The van der Waals surface area contributed by atoms with Crippen LogP contribution in [0.3, 0.4) is 0 Å². The summed E-state index contributed by atoms with van der Waals surface area (Å²) < 4.78 is 1.65. The third kappa shape index (κ3) is 2.66. The van der Waals surface area contributed by atoms with Crippen LogP contribution in [0.2, 0.25) is 0 Å². The lowest BCUT2D eigenvalue weighted by Gasteiger charge is -2.16. The van der Waals surface area contributed by atoms with Crippen molar-refractivity contribution < 1.29 is 5.11 Å². The van der Waals surface area contributed by atoms with E-state index in [4.69, 9.17) is 0 Å². The van der Waals surface area contributed by atoms with Gasteiger partial charge in [0.2, 0.25) is 0 Å². The molecule has 0 aliphatic carbocycles. The molecule has 1 heterocycles. The largest absolute Gasteiger partial charge is 0.391 e. The van der Waals surface area contributed by atoms with Gasteiger partial charge in [0.1, 0.15) is 12.7 Å². The third-order valence-electron chi connectivity index (χ3n) is 1.74. The number of rotatable bonds is 3. The second-order valence-corrected chi connectivity index (χ2v) is 3.35. The molecule has 4 heteroatoms. The molecule has 1 rings (SSSR count). The number of aliphatic hydroxyl groups is 1. The topological polar surface area (TPSA) is 50.9 Å². The van der Waals surface area contributed by atoms with Gasteiger partial charge in [-0.3, -0.25) is 0 Å². The number of hydrogen-bond donors (Lipinski definition) is 1. The summed E-state index contributed by atoms with van der Waals surface area (Å²) in [6, 6.07) is -0.118. The van der Waals surface area contributed by atoms with E-state index in [1.807, 2.05) is 19.9 Å². The van der Waals surface area contributed by atoms with E-state index in [2.05, 4.69) is 10.1 Å². The molecule has 0 aromatic carbocycles. The monoisotopic (exact) mass is 181 g/mol. The van der Waals surface area contributed by atoms with Gasteiger partial charge in [0.15, 0.2) is 0 Å². The van der Waals surface area contributed by atoms with Crippen molar-refractivity contribution in [2.24, 2.45) is 0 Å². The normalized spacial score (nSPS) is 15.1. The van der Waals surface area contributed by atoms with Crippen LogP contribution in [0.4, 0.5) is 0 Å². The van der Waals surface area contributed by atoms with Crippen LogP contribution in [0.5, 0.6) is 0 Å². The molecule has 1 aromatic rings. The molecule has 2 unspecified atom stereocenters. The van der Waals surface area contributed by atoms with Gasteiger partial charge in [-0.1, -0.05) is 11.6 Å². The van der Waals surface area contributed by atoms with Crippen LogP contribution in [0.1, 0.15) is 26.8 Å². The summed E-state index contributed by atoms with van der Waals surface area (Å²) in [4.78, 5) is 3.84. The van der Waals surface area contributed by atoms with Crippen molar-refractivity contribution in [3.63, 3.8) is 0 Å². The Hall–Kier alpha value is -1.16. The van der Waals surface area contributed by atoms with Crippen LogP contribution in [0.25, 0.3) is 0 Å². The van der Waals surface area contributed by atoms with Gasteiger partial charge in [-0.15, -0.1) is 0 Å². The summed E-state index contributed by atoms with van der Waals surface area (Å²) in [5.74, 6) is 0. The van der Waals surface area contributed by atoms with Gasteiger partial charge in [-0.2, -0.15) is 5.10 Å². The van der Waals surface area contributed by atoms with E-state index in [0.29, 0.717) is 0 Å². The summed E-state index contributed by atoms with van der Waals surface area (Å²) in [6.45, 7) is 5.73. The highest BCUT2D eigenvalue weighted by Gasteiger charge is 2.14. The van der Waals surface area contributed by atoms with E-state index in [-0.39, 0.29) is 6.04 Å².